The number of alkyl halides is 3. The van der Waals surface area contributed by atoms with Crippen LogP contribution in [-0.4, -0.2) is 58.6 Å². The molecule has 2 amide bonds. The standard InChI is InChI=1S/C33H39F3N6O3/c1-20-18-22(41-14-16-42(17-15-41)30(44)45-31(2,3)4)11-13-24(20)39-29-37-19-23(33(34,35)36)25(40-29)12-10-21-8-7-9-26-27(21)32(5,6)28(43)38-26/h7-9,11,13,18-19H,10,12,14-17H2,1-6H3,(H,38,43)(H,37,39,40). The molecule has 0 bridgehead atoms. The molecule has 2 aliphatic heterocycles. The number of carbonyl (C=O) groups excluding carboxylic acids is 2. The molecule has 0 spiro atoms. The molecule has 0 radical (unpaired) electrons. The van der Waals surface area contributed by atoms with Crippen LogP contribution < -0.4 is 15.5 Å². The van der Waals surface area contributed by atoms with E-state index >= 15 is 0 Å². The molecule has 0 unspecified atom stereocenters. The summed E-state index contributed by atoms with van der Waals surface area (Å²) < 4.78 is 47.4. The number of carbonyl (C=O) groups is 2. The fraction of sp³-hybridized carbons (Fsp3) is 0.455. The van der Waals surface area contributed by atoms with E-state index < -0.39 is 22.8 Å². The van der Waals surface area contributed by atoms with E-state index in [0.717, 1.165) is 28.6 Å². The van der Waals surface area contributed by atoms with Crippen LogP contribution in [-0.2, 0) is 34.0 Å². The van der Waals surface area contributed by atoms with Gasteiger partial charge in [-0.2, -0.15) is 13.2 Å². The van der Waals surface area contributed by atoms with Gasteiger partial charge in [-0.1, -0.05) is 12.1 Å². The number of halogens is 3. The maximum Gasteiger partial charge on any atom is 0.419 e. The molecule has 5 rings (SSSR count). The Balaban J connectivity index is 1.30. The van der Waals surface area contributed by atoms with E-state index in [1.165, 1.54) is 0 Å². The molecule has 3 heterocycles. The van der Waals surface area contributed by atoms with E-state index in [1.54, 1.807) is 17.0 Å². The van der Waals surface area contributed by atoms with E-state index in [-0.39, 0.29) is 36.5 Å². The SMILES string of the molecule is Cc1cc(N2CCN(C(=O)OC(C)(C)C)CC2)ccc1Nc1ncc(C(F)(F)F)c(CCc2cccc3c2C(C)(C)C(=O)N3)n1. The highest BCUT2D eigenvalue weighted by Crippen LogP contribution is 2.40. The van der Waals surface area contributed by atoms with E-state index in [0.29, 0.717) is 37.6 Å². The number of aryl methyl sites for hydroxylation is 3. The Morgan fingerprint density at radius 1 is 1.07 bits per heavy atom. The second-order valence-electron chi connectivity index (χ2n) is 13.0. The third-order valence-electron chi connectivity index (χ3n) is 8.15. The molecule has 12 heteroatoms. The Hall–Kier alpha value is -4.35. The van der Waals surface area contributed by atoms with Crippen molar-refractivity contribution in [2.24, 2.45) is 0 Å². The number of amides is 2. The van der Waals surface area contributed by atoms with Gasteiger partial charge in [0.2, 0.25) is 11.9 Å². The molecule has 0 aliphatic carbocycles. The van der Waals surface area contributed by atoms with Gasteiger partial charge in [0, 0.05) is 49.4 Å². The topological polar surface area (TPSA) is 99.7 Å². The van der Waals surface area contributed by atoms with Crippen molar-refractivity contribution >= 4 is 35.0 Å². The fourth-order valence-electron chi connectivity index (χ4n) is 5.78. The lowest BCUT2D eigenvalue weighted by Crippen LogP contribution is -2.50. The second-order valence-corrected chi connectivity index (χ2v) is 13.0. The van der Waals surface area contributed by atoms with Gasteiger partial charge in [-0.3, -0.25) is 4.79 Å². The number of nitrogens with zero attached hydrogens (tertiary/aromatic N) is 4. The molecule has 45 heavy (non-hydrogen) atoms. The zero-order valence-corrected chi connectivity index (χ0v) is 26.4. The summed E-state index contributed by atoms with van der Waals surface area (Å²) in [4.78, 5) is 37.1. The molecule has 0 atom stereocenters. The van der Waals surface area contributed by atoms with Crippen molar-refractivity contribution < 1.29 is 27.5 Å². The fourth-order valence-corrected chi connectivity index (χ4v) is 5.78. The summed E-state index contributed by atoms with van der Waals surface area (Å²) in [5.74, 6) is -0.0748. The van der Waals surface area contributed by atoms with Gasteiger partial charge < -0.3 is 25.2 Å². The van der Waals surface area contributed by atoms with Gasteiger partial charge in [0.15, 0.2) is 0 Å². The van der Waals surface area contributed by atoms with E-state index in [9.17, 15) is 22.8 Å². The summed E-state index contributed by atoms with van der Waals surface area (Å²) in [5, 5.41) is 5.96. The Bertz CT molecular complexity index is 1610. The smallest absolute Gasteiger partial charge is 0.419 e. The summed E-state index contributed by atoms with van der Waals surface area (Å²) in [6.07, 6.45) is -3.83. The molecular weight excluding hydrogens is 585 g/mol. The number of piperazine rings is 1. The molecule has 0 saturated carbocycles. The van der Waals surface area contributed by atoms with Crippen LogP contribution in [0, 0.1) is 6.92 Å². The summed E-state index contributed by atoms with van der Waals surface area (Å²) in [7, 11) is 0. The Labute approximate surface area is 261 Å². The quantitative estimate of drug-likeness (QED) is 0.318. The van der Waals surface area contributed by atoms with E-state index in [1.807, 2.05) is 65.8 Å². The van der Waals surface area contributed by atoms with Crippen molar-refractivity contribution in [1.29, 1.82) is 0 Å². The monoisotopic (exact) mass is 624 g/mol. The highest BCUT2D eigenvalue weighted by Gasteiger charge is 2.40. The third kappa shape index (κ3) is 6.99. The van der Waals surface area contributed by atoms with Crippen molar-refractivity contribution in [3.63, 3.8) is 0 Å². The van der Waals surface area contributed by atoms with Crippen LogP contribution in [0.2, 0.25) is 0 Å². The summed E-state index contributed by atoms with van der Waals surface area (Å²) >= 11 is 0. The molecule has 1 saturated heterocycles. The molecule has 240 valence electrons. The van der Waals surface area contributed by atoms with Gasteiger partial charge in [0.1, 0.15) is 5.60 Å². The Morgan fingerprint density at radius 2 is 1.78 bits per heavy atom. The largest absolute Gasteiger partial charge is 0.444 e. The van der Waals surface area contributed by atoms with Crippen LogP contribution in [0.4, 0.5) is 41.0 Å². The molecule has 9 nitrogen and oxygen atoms in total. The summed E-state index contributed by atoms with van der Waals surface area (Å²) in [5.41, 5.74) is 2.46. The third-order valence-corrected chi connectivity index (χ3v) is 8.15. The van der Waals surface area contributed by atoms with Gasteiger partial charge in [-0.15, -0.1) is 0 Å². The highest BCUT2D eigenvalue weighted by molar-refractivity contribution is 6.06. The minimum atomic E-state index is -4.62. The van der Waals surface area contributed by atoms with Crippen molar-refractivity contribution in [3.8, 4) is 0 Å². The predicted molar refractivity (Wildman–Crippen MR) is 167 cm³/mol. The van der Waals surface area contributed by atoms with Crippen molar-refractivity contribution in [2.75, 3.05) is 41.7 Å². The number of hydrogen-bond acceptors (Lipinski definition) is 7. The first kappa shape index (κ1) is 32.1. The minimum Gasteiger partial charge on any atom is -0.444 e. The maximum atomic E-state index is 14.0. The zero-order chi connectivity index (χ0) is 32.7. The normalized spacial score (nSPS) is 16.3. The van der Waals surface area contributed by atoms with Gasteiger partial charge in [-0.05, 0) is 95.3 Å². The van der Waals surface area contributed by atoms with Crippen LogP contribution >= 0.6 is 0 Å². The predicted octanol–water partition coefficient (Wildman–Crippen LogP) is 6.62. The van der Waals surface area contributed by atoms with Gasteiger partial charge in [0.25, 0.3) is 0 Å². The summed E-state index contributed by atoms with van der Waals surface area (Å²) in [6, 6.07) is 11.2. The van der Waals surface area contributed by atoms with Crippen molar-refractivity contribution in [2.45, 2.75) is 71.6 Å². The first-order valence-corrected chi connectivity index (χ1v) is 15.0. The van der Waals surface area contributed by atoms with Crippen LogP contribution in [0.3, 0.4) is 0 Å². The Morgan fingerprint density at radius 3 is 2.42 bits per heavy atom. The first-order valence-electron chi connectivity index (χ1n) is 15.0. The summed E-state index contributed by atoms with van der Waals surface area (Å²) in [6.45, 7) is 13.4. The Kier molecular flexibility index (Phi) is 8.45. The highest BCUT2D eigenvalue weighted by atomic mass is 19.4. The number of rotatable bonds is 6. The van der Waals surface area contributed by atoms with Gasteiger partial charge >= 0.3 is 12.3 Å². The van der Waals surface area contributed by atoms with Crippen molar-refractivity contribution in [3.05, 3.63) is 70.5 Å². The maximum absolute atomic E-state index is 14.0. The second kappa shape index (κ2) is 11.9. The van der Waals surface area contributed by atoms with Crippen molar-refractivity contribution in [1.82, 2.24) is 14.9 Å². The number of fused-ring (bicyclic) bond motifs is 1. The molecule has 2 N–H and O–H groups in total. The van der Waals surface area contributed by atoms with Gasteiger partial charge in [0.05, 0.1) is 16.7 Å². The van der Waals surface area contributed by atoms with Crippen LogP contribution in [0.15, 0.2) is 42.6 Å². The number of ether oxygens (including phenoxy) is 1. The number of benzene rings is 2. The van der Waals surface area contributed by atoms with Gasteiger partial charge in [-0.25, -0.2) is 14.8 Å². The lowest BCUT2D eigenvalue weighted by atomic mass is 9.82. The lowest BCUT2D eigenvalue weighted by molar-refractivity contribution is -0.138. The average Bonchev–Trinajstić information content (AvgIpc) is 3.19. The van der Waals surface area contributed by atoms with Crippen LogP contribution in [0.5, 0.6) is 0 Å². The average molecular weight is 625 g/mol. The molecule has 1 aromatic heterocycles. The zero-order valence-electron chi connectivity index (χ0n) is 26.4. The first-order chi connectivity index (χ1) is 21.0. The molecular formula is C33H39F3N6O3. The van der Waals surface area contributed by atoms with E-state index in [2.05, 4.69) is 25.5 Å². The molecule has 2 aliphatic rings. The molecule has 3 aromatic rings. The lowest BCUT2D eigenvalue weighted by Gasteiger charge is -2.37. The van der Waals surface area contributed by atoms with E-state index in [4.69, 9.17) is 4.74 Å². The number of aromatic nitrogens is 2. The number of anilines is 4. The number of hydrogen-bond donors (Lipinski definition) is 2. The van der Waals surface area contributed by atoms with Crippen LogP contribution in [0.25, 0.3) is 0 Å². The number of nitrogens with one attached hydrogen (secondary N) is 2. The minimum absolute atomic E-state index is 0.0138. The molecule has 1 fully saturated rings. The molecule has 2 aromatic carbocycles. The van der Waals surface area contributed by atoms with Crippen LogP contribution in [0.1, 0.15) is 62.6 Å².